The zero-order valence-corrected chi connectivity index (χ0v) is 17.8. The molecule has 1 aromatic heterocycles. The number of amides is 1. The molecule has 5 nitrogen and oxygen atoms in total. The lowest BCUT2D eigenvalue weighted by atomic mass is 10.1. The summed E-state index contributed by atoms with van der Waals surface area (Å²) in [6.07, 6.45) is 0.492. The molecule has 0 aliphatic carbocycles. The molecule has 1 fully saturated rings. The van der Waals surface area contributed by atoms with Gasteiger partial charge >= 0.3 is 0 Å². The number of benzene rings is 2. The molecule has 152 valence electrons. The summed E-state index contributed by atoms with van der Waals surface area (Å²) in [7, 11) is 0. The molecule has 0 spiro atoms. The Morgan fingerprint density at radius 2 is 1.86 bits per heavy atom. The Morgan fingerprint density at radius 3 is 2.59 bits per heavy atom. The Hall–Kier alpha value is -2.53. The maximum absolute atomic E-state index is 12.6. The average Bonchev–Trinajstić information content (AvgIpc) is 3.24. The van der Waals surface area contributed by atoms with E-state index in [0.717, 1.165) is 16.9 Å². The van der Waals surface area contributed by atoms with E-state index in [0.29, 0.717) is 36.9 Å². The molecule has 0 N–H and O–H groups in total. The second kappa shape index (κ2) is 7.71. The van der Waals surface area contributed by atoms with Gasteiger partial charge in [0.05, 0.1) is 22.6 Å². The molecule has 0 saturated carbocycles. The maximum Gasteiger partial charge on any atom is 0.223 e. The summed E-state index contributed by atoms with van der Waals surface area (Å²) in [6, 6.07) is 15.6. The van der Waals surface area contributed by atoms with Crippen LogP contribution in [0.2, 0.25) is 5.02 Å². The van der Waals surface area contributed by atoms with Gasteiger partial charge in [0.1, 0.15) is 18.2 Å². The molecule has 1 saturated heterocycles. The van der Waals surface area contributed by atoms with Crippen LogP contribution in [-0.4, -0.2) is 39.0 Å². The molecule has 2 heterocycles. The fraction of sp³-hybridized carbons (Fsp3) is 0.391. The normalized spacial score (nSPS) is 17.3. The maximum atomic E-state index is 12.6. The summed E-state index contributed by atoms with van der Waals surface area (Å²) in [6.45, 7) is 8.04. The SMILES string of the molecule is CC(C)(C)N1CC(c2nc3ccccc3n2CCOc2ccccc2Cl)CC1=O. The van der Waals surface area contributed by atoms with Gasteiger partial charge in [-0.3, -0.25) is 4.79 Å². The average molecular weight is 412 g/mol. The number of aromatic nitrogens is 2. The van der Waals surface area contributed by atoms with E-state index in [2.05, 4.69) is 31.4 Å². The molecule has 1 unspecified atom stereocenters. The number of carbonyl (C=O) groups is 1. The van der Waals surface area contributed by atoms with Crippen LogP contribution in [0.5, 0.6) is 5.75 Å². The summed E-state index contributed by atoms with van der Waals surface area (Å²) in [5.74, 6) is 1.90. The lowest BCUT2D eigenvalue weighted by Gasteiger charge is -2.32. The summed E-state index contributed by atoms with van der Waals surface area (Å²) in [4.78, 5) is 19.5. The van der Waals surface area contributed by atoms with Gasteiger partial charge in [0.2, 0.25) is 5.91 Å². The number of para-hydroxylation sites is 3. The van der Waals surface area contributed by atoms with Crippen LogP contribution in [0.3, 0.4) is 0 Å². The van der Waals surface area contributed by atoms with Crippen molar-refractivity contribution in [2.24, 2.45) is 0 Å². The molecule has 1 aliphatic rings. The third-order valence-electron chi connectivity index (χ3n) is 5.39. The molecule has 1 amide bonds. The number of nitrogens with zero attached hydrogens (tertiary/aromatic N) is 3. The van der Waals surface area contributed by atoms with Crippen LogP contribution in [0.4, 0.5) is 0 Å². The van der Waals surface area contributed by atoms with Gasteiger partial charge in [0, 0.05) is 24.4 Å². The predicted molar refractivity (Wildman–Crippen MR) is 116 cm³/mol. The van der Waals surface area contributed by atoms with Gasteiger partial charge in [-0.05, 0) is 45.0 Å². The zero-order valence-electron chi connectivity index (χ0n) is 17.1. The minimum Gasteiger partial charge on any atom is -0.490 e. The number of fused-ring (bicyclic) bond motifs is 1. The first kappa shape index (κ1) is 19.8. The third-order valence-corrected chi connectivity index (χ3v) is 5.71. The summed E-state index contributed by atoms with van der Waals surface area (Å²) < 4.78 is 8.11. The number of likely N-dealkylation sites (tertiary alicyclic amines) is 1. The number of ether oxygens (including phenoxy) is 1. The molecule has 6 heteroatoms. The fourth-order valence-electron chi connectivity index (χ4n) is 3.98. The Bertz CT molecular complexity index is 1040. The molecule has 0 bridgehead atoms. The van der Waals surface area contributed by atoms with Gasteiger partial charge in [-0.1, -0.05) is 35.9 Å². The number of carbonyl (C=O) groups excluding carboxylic acids is 1. The van der Waals surface area contributed by atoms with Gasteiger partial charge in [-0.25, -0.2) is 4.98 Å². The Morgan fingerprint density at radius 1 is 1.14 bits per heavy atom. The Labute approximate surface area is 176 Å². The van der Waals surface area contributed by atoms with Crippen molar-refractivity contribution in [2.75, 3.05) is 13.2 Å². The van der Waals surface area contributed by atoms with Crippen molar-refractivity contribution in [1.29, 1.82) is 0 Å². The molecule has 1 atom stereocenters. The highest BCUT2D eigenvalue weighted by Gasteiger charge is 2.38. The van der Waals surface area contributed by atoms with Crippen LogP contribution >= 0.6 is 11.6 Å². The van der Waals surface area contributed by atoms with Crippen molar-refractivity contribution in [3.8, 4) is 5.75 Å². The van der Waals surface area contributed by atoms with E-state index >= 15 is 0 Å². The zero-order chi connectivity index (χ0) is 20.6. The van der Waals surface area contributed by atoms with Crippen molar-refractivity contribution >= 4 is 28.5 Å². The first-order valence-corrected chi connectivity index (χ1v) is 10.4. The van der Waals surface area contributed by atoms with Crippen LogP contribution in [0.1, 0.15) is 38.9 Å². The molecule has 4 rings (SSSR count). The first-order valence-electron chi connectivity index (χ1n) is 9.97. The van der Waals surface area contributed by atoms with Crippen LogP contribution in [0.25, 0.3) is 11.0 Å². The topological polar surface area (TPSA) is 47.4 Å². The molecule has 29 heavy (non-hydrogen) atoms. The van der Waals surface area contributed by atoms with Crippen molar-refractivity contribution in [3.63, 3.8) is 0 Å². The van der Waals surface area contributed by atoms with E-state index in [1.807, 2.05) is 47.4 Å². The van der Waals surface area contributed by atoms with Gasteiger partial charge in [0.25, 0.3) is 0 Å². The second-order valence-electron chi connectivity index (χ2n) is 8.47. The van der Waals surface area contributed by atoms with Crippen LogP contribution in [0.15, 0.2) is 48.5 Å². The number of halogens is 1. The number of hydrogen-bond donors (Lipinski definition) is 0. The largest absolute Gasteiger partial charge is 0.490 e. The predicted octanol–water partition coefficient (Wildman–Crippen LogP) is 4.88. The molecule has 0 radical (unpaired) electrons. The van der Waals surface area contributed by atoms with Crippen molar-refractivity contribution in [2.45, 2.75) is 45.2 Å². The summed E-state index contributed by atoms with van der Waals surface area (Å²) in [5.41, 5.74) is 1.82. The summed E-state index contributed by atoms with van der Waals surface area (Å²) >= 11 is 6.20. The van der Waals surface area contributed by atoms with E-state index < -0.39 is 0 Å². The fourth-order valence-corrected chi connectivity index (χ4v) is 4.17. The van der Waals surface area contributed by atoms with Crippen LogP contribution in [0, 0.1) is 0 Å². The highest BCUT2D eigenvalue weighted by Crippen LogP contribution is 2.34. The smallest absolute Gasteiger partial charge is 0.223 e. The minimum atomic E-state index is -0.185. The van der Waals surface area contributed by atoms with Gasteiger partial charge < -0.3 is 14.2 Å². The van der Waals surface area contributed by atoms with Crippen molar-refractivity contribution < 1.29 is 9.53 Å². The monoisotopic (exact) mass is 411 g/mol. The lowest BCUT2D eigenvalue weighted by molar-refractivity contribution is -0.131. The number of rotatable bonds is 5. The Kier molecular flexibility index (Phi) is 5.26. The van der Waals surface area contributed by atoms with Crippen LogP contribution in [-0.2, 0) is 11.3 Å². The quantitative estimate of drug-likeness (QED) is 0.601. The second-order valence-corrected chi connectivity index (χ2v) is 8.87. The van der Waals surface area contributed by atoms with Gasteiger partial charge in [0.15, 0.2) is 0 Å². The molecular formula is C23H26ClN3O2. The van der Waals surface area contributed by atoms with Gasteiger partial charge in [-0.2, -0.15) is 0 Å². The standard InChI is InChI=1S/C23H26ClN3O2/c1-23(2,3)27-15-16(14-21(27)28)22-25-18-9-5-6-10-19(18)26(22)12-13-29-20-11-7-4-8-17(20)24/h4-11,16H,12-15H2,1-3H3. The third kappa shape index (κ3) is 3.97. The van der Waals surface area contributed by atoms with E-state index in [1.54, 1.807) is 0 Å². The van der Waals surface area contributed by atoms with E-state index in [4.69, 9.17) is 21.3 Å². The molecule has 1 aliphatic heterocycles. The molecule has 3 aromatic rings. The number of imidazole rings is 1. The first-order chi connectivity index (χ1) is 13.8. The highest BCUT2D eigenvalue weighted by atomic mass is 35.5. The van der Waals surface area contributed by atoms with E-state index in [1.165, 1.54) is 0 Å². The Balaban J connectivity index is 1.60. The minimum absolute atomic E-state index is 0.0782. The van der Waals surface area contributed by atoms with E-state index in [9.17, 15) is 4.79 Å². The molecular weight excluding hydrogens is 386 g/mol. The molecule has 2 aromatic carbocycles. The lowest BCUT2D eigenvalue weighted by Crippen LogP contribution is -2.42. The number of hydrogen-bond acceptors (Lipinski definition) is 3. The van der Waals surface area contributed by atoms with Crippen molar-refractivity contribution in [3.05, 3.63) is 59.4 Å². The van der Waals surface area contributed by atoms with Crippen molar-refractivity contribution in [1.82, 2.24) is 14.5 Å². The highest BCUT2D eigenvalue weighted by molar-refractivity contribution is 6.32. The van der Waals surface area contributed by atoms with E-state index in [-0.39, 0.29) is 17.4 Å². The van der Waals surface area contributed by atoms with Crippen LogP contribution < -0.4 is 4.74 Å². The summed E-state index contributed by atoms with van der Waals surface area (Å²) in [5, 5.41) is 0.602. The van der Waals surface area contributed by atoms with Gasteiger partial charge in [-0.15, -0.1) is 0 Å².